The molecule has 1 fully saturated rings. The van der Waals surface area contributed by atoms with E-state index in [4.69, 9.17) is 5.73 Å². The maximum Gasteiger partial charge on any atom is 0.166 e. The third-order valence-electron chi connectivity index (χ3n) is 3.82. The first-order chi connectivity index (χ1) is 9.97. The Balaban J connectivity index is 2.38. The molecule has 3 unspecified atom stereocenters. The smallest absolute Gasteiger partial charge is 0.166 e. The van der Waals surface area contributed by atoms with Crippen LogP contribution in [0.2, 0.25) is 0 Å². The van der Waals surface area contributed by atoms with E-state index in [1.165, 1.54) is 0 Å². The summed E-state index contributed by atoms with van der Waals surface area (Å²) in [4.78, 5) is 6.21. The Bertz CT molecular complexity index is 549. The summed E-state index contributed by atoms with van der Waals surface area (Å²) in [5.74, 6) is 1.70. The quantitative estimate of drug-likeness (QED) is 0.877. The molecule has 0 spiro atoms. The SMILES string of the molecule is CCS(=O)(=O)C1CSCCN1C(c1cccnc1)C(C)N. The number of aromatic nitrogens is 1. The van der Waals surface area contributed by atoms with E-state index in [9.17, 15) is 8.42 Å². The van der Waals surface area contributed by atoms with Crippen LogP contribution in [-0.2, 0) is 9.84 Å². The van der Waals surface area contributed by atoms with E-state index in [0.717, 1.165) is 17.9 Å². The minimum Gasteiger partial charge on any atom is -0.326 e. The number of hydrogen-bond donors (Lipinski definition) is 1. The van der Waals surface area contributed by atoms with Crippen LogP contribution in [0.5, 0.6) is 0 Å². The third-order valence-corrected chi connectivity index (χ3v) is 7.13. The summed E-state index contributed by atoms with van der Waals surface area (Å²) in [6.45, 7) is 4.36. The molecule has 118 valence electrons. The van der Waals surface area contributed by atoms with Crippen molar-refractivity contribution in [2.45, 2.75) is 31.3 Å². The number of thioether (sulfide) groups is 1. The van der Waals surface area contributed by atoms with Gasteiger partial charge in [0.15, 0.2) is 9.84 Å². The minimum absolute atomic E-state index is 0.120. The zero-order valence-corrected chi connectivity index (χ0v) is 14.1. The van der Waals surface area contributed by atoms with E-state index < -0.39 is 15.2 Å². The highest BCUT2D eigenvalue weighted by Gasteiger charge is 2.38. The van der Waals surface area contributed by atoms with Crippen molar-refractivity contribution in [3.63, 3.8) is 0 Å². The van der Waals surface area contributed by atoms with Crippen molar-refractivity contribution in [3.8, 4) is 0 Å². The molecule has 21 heavy (non-hydrogen) atoms. The predicted octanol–water partition coefficient (Wildman–Crippen LogP) is 1.28. The lowest BCUT2D eigenvalue weighted by atomic mass is 10.0. The first-order valence-electron chi connectivity index (χ1n) is 7.18. The zero-order chi connectivity index (χ0) is 15.5. The fourth-order valence-electron chi connectivity index (χ4n) is 2.76. The van der Waals surface area contributed by atoms with E-state index in [1.807, 2.05) is 19.1 Å². The zero-order valence-electron chi connectivity index (χ0n) is 12.5. The molecule has 1 aromatic heterocycles. The van der Waals surface area contributed by atoms with E-state index in [-0.39, 0.29) is 17.8 Å². The topological polar surface area (TPSA) is 76.3 Å². The molecule has 0 amide bonds. The average molecular weight is 329 g/mol. The van der Waals surface area contributed by atoms with Crippen molar-refractivity contribution in [3.05, 3.63) is 30.1 Å². The van der Waals surface area contributed by atoms with Gasteiger partial charge in [0, 0.05) is 42.2 Å². The van der Waals surface area contributed by atoms with Crippen molar-refractivity contribution in [2.24, 2.45) is 5.73 Å². The van der Waals surface area contributed by atoms with Gasteiger partial charge in [0.25, 0.3) is 0 Å². The maximum absolute atomic E-state index is 12.4. The Morgan fingerprint density at radius 3 is 2.90 bits per heavy atom. The summed E-state index contributed by atoms with van der Waals surface area (Å²) >= 11 is 1.70. The molecule has 2 heterocycles. The van der Waals surface area contributed by atoms with Gasteiger partial charge in [0.05, 0.1) is 6.04 Å². The summed E-state index contributed by atoms with van der Waals surface area (Å²) in [6.07, 6.45) is 3.50. The number of nitrogens with two attached hydrogens (primary N) is 1. The number of sulfone groups is 1. The Morgan fingerprint density at radius 2 is 2.33 bits per heavy atom. The maximum atomic E-state index is 12.4. The summed E-state index contributed by atoms with van der Waals surface area (Å²) in [5, 5.41) is -0.461. The fourth-order valence-corrected chi connectivity index (χ4v) is 5.81. The van der Waals surface area contributed by atoms with Crippen LogP contribution in [0.15, 0.2) is 24.5 Å². The van der Waals surface area contributed by atoms with Crippen molar-refractivity contribution >= 4 is 21.6 Å². The van der Waals surface area contributed by atoms with Gasteiger partial charge in [-0.15, -0.1) is 0 Å². The van der Waals surface area contributed by atoms with Crippen LogP contribution in [0.1, 0.15) is 25.5 Å². The molecule has 3 atom stereocenters. The Hall–Kier alpha value is -0.630. The highest BCUT2D eigenvalue weighted by atomic mass is 32.2. The van der Waals surface area contributed by atoms with E-state index in [2.05, 4.69) is 9.88 Å². The van der Waals surface area contributed by atoms with Crippen molar-refractivity contribution in [1.82, 2.24) is 9.88 Å². The van der Waals surface area contributed by atoms with Crippen LogP contribution >= 0.6 is 11.8 Å². The molecule has 1 aliphatic heterocycles. The highest BCUT2D eigenvalue weighted by Crippen LogP contribution is 2.32. The van der Waals surface area contributed by atoms with Gasteiger partial charge in [0.2, 0.25) is 0 Å². The fraction of sp³-hybridized carbons (Fsp3) is 0.643. The van der Waals surface area contributed by atoms with Crippen molar-refractivity contribution in [1.29, 1.82) is 0 Å². The highest BCUT2D eigenvalue weighted by molar-refractivity contribution is 8.01. The predicted molar refractivity (Wildman–Crippen MR) is 87.9 cm³/mol. The molecular formula is C14H23N3O2S2. The van der Waals surface area contributed by atoms with Crippen LogP contribution in [0.3, 0.4) is 0 Å². The molecule has 1 aromatic rings. The molecule has 2 N–H and O–H groups in total. The lowest BCUT2D eigenvalue weighted by Crippen LogP contribution is -2.53. The molecule has 0 bridgehead atoms. The van der Waals surface area contributed by atoms with Crippen LogP contribution < -0.4 is 5.73 Å². The van der Waals surface area contributed by atoms with Gasteiger partial charge in [-0.3, -0.25) is 9.88 Å². The Labute approximate surface area is 131 Å². The molecule has 0 aliphatic carbocycles. The molecule has 5 nitrogen and oxygen atoms in total. The monoisotopic (exact) mass is 329 g/mol. The van der Waals surface area contributed by atoms with Gasteiger partial charge >= 0.3 is 0 Å². The third kappa shape index (κ3) is 3.77. The second-order valence-electron chi connectivity index (χ2n) is 5.31. The normalized spacial score (nSPS) is 23.7. The molecule has 2 rings (SSSR count). The Kier molecular flexibility index (Phi) is 5.65. The van der Waals surface area contributed by atoms with Gasteiger partial charge < -0.3 is 5.73 Å². The number of pyridine rings is 1. The van der Waals surface area contributed by atoms with Crippen LogP contribution in [0, 0.1) is 0 Å². The molecule has 1 aliphatic rings. The summed E-state index contributed by atoms with van der Waals surface area (Å²) in [6, 6.07) is 3.56. The van der Waals surface area contributed by atoms with Crippen LogP contribution in [0.25, 0.3) is 0 Å². The molecule has 7 heteroatoms. The molecule has 0 saturated carbocycles. The number of hydrogen-bond acceptors (Lipinski definition) is 6. The second kappa shape index (κ2) is 7.09. The number of nitrogens with zero attached hydrogens (tertiary/aromatic N) is 2. The molecule has 1 saturated heterocycles. The van der Waals surface area contributed by atoms with Crippen molar-refractivity contribution < 1.29 is 8.42 Å². The van der Waals surface area contributed by atoms with E-state index in [0.29, 0.717) is 5.75 Å². The molecule has 0 aromatic carbocycles. The summed E-state index contributed by atoms with van der Waals surface area (Å²) in [7, 11) is -3.13. The van der Waals surface area contributed by atoms with Gasteiger partial charge in [-0.2, -0.15) is 11.8 Å². The Morgan fingerprint density at radius 1 is 1.57 bits per heavy atom. The van der Waals surface area contributed by atoms with Crippen molar-refractivity contribution in [2.75, 3.05) is 23.8 Å². The van der Waals surface area contributed by atoms with Crippen LogP contribution in [0.4, 0.5) is 0 Å². The first kappa shape index (κ1) is 16.7. The minimum atomic E-state index is -3.13. The molecular weight excluding hydrogens is 306 g/mol. The second-order valence-corrected chi connectivity index (χ2v) is 8.91. The largest absolute Gasteiger partial charge is 0.326 e. The average Bonchev–Trinajstić information content (AvgIpc) is 2.48. The molecule has 0 radical (unpaired) electrons. The summed E-state index contributed by atoms with van der Waals surface area (Å²) < 4.78 is 24.8. The summed E-state index contributed by atoms with van der Waals surface area (Å²) in [5.41, 5.74) is 7.16. The number of rotatable bonds is 5. The van der Waals surface area contributed by atoms with E-state index >= 15 is 0 Å². The standard InChI is InChI=1S/C14H23N3O2S2/c1-3-21(18,19)13-10-20-8-7-17(13)14(11(2)15)12-5-4-6-16-9-12/h4-6,9,11,13-14H,3,7-8,10,15H2,1-2H3. The van der Waals surface area contributed by atoms with Gasteiger partial charge in [-0.05, 0) is 18.6 Å². The lowest BCUT2D eigenvalue weighted by molar-refractivity contribution is 0.172. The van der Waals surface area contributed by atoms with Gasteiger partial charge in [0.1, 0.15) is 5.37 Å². The van der Waals surface area contributed by atoms with Gasteiger partial charge in [-0.25, -0.2) is 8.42 Å². The van der Waals surface area contributed by atoms with Crippen LogP contribution in [-0.4, -0.2) is 53.5 Å². The van der Waals surface area contributed by atoms with Gasteiger partial charge in [-0.1, -0.05) is 13.0 Å². The first-order valence-corrected chi connectivity index (χ1v) is 10.0. The lowest BCUT2D eigenvalue weighted by Gasteiger charge is -2.42. The van der Waals surface area contributed by atoms with E-state index in [1.54, 1.807) is 31.1 Å².